The Morgan fingerprint density at radius 2 is 1.65 bits per heavy atom. The Bertz CT molecular complexity index is 823. The second kappa shape index (κ2) is 8.35. The van der Waals surface area contributed by atoms with Crippen LogP contribution >= 0.6 is 15.9 Å². The molecule has 0 aliphatic rings. The minimum atomic E-state index is -1.06. The van der Waals surface area contributed by atoms with E-state index in [1.165, 1.54) is 12.1 Å². The molecule has 0 spiro atoms. The molecule has 2 N–H and O–H groups in total. The van der Waals surface area contributed by atoms with Gasteiger partial charge in [0.1, 0.15) is 29.1 Å². The number of rotatable bonds is 5. The molecule has 0 fully saturated rings. The normalized spacial score (nSPS) is 12.0. The molecular weight excluding hydrogens is 413 g/mol. The second-order valence-corrected chi connectivity index (χ2v) is 6.76. The first-order valence-corrected chi connectivity index (χ1v) is 8.50. The van der Waals surface area contributed by atoms with Crippen LogP contribution in [0.4, 0.5) is 18.9 Å². The zero-order valence-corrected chi connectivity index (χ0v) is 15.5. The number of hydrogen-bond acceptors (Lipinski definition) is 2. The zero-order chi connectivity index (χ0) is 19.4. The number of amides is 2. The molecule has 8 heteroatoms. The molecule has 2 amide bonds. The van der Waals surface area contributed by atoms with Crippen molar-refractivity contribution in [2.45, 2.75) is 19.9 Å². The molecule has 2 aromatic rings. The van der Waals surface area contributed by atoms with E-state index in [4.69, 9.17) is 0 Å². The SMILES string of the molecule is CC(C)C(NC(=O)c1c(F)cccc1F)C(=O)Nc1ccc(F)cc1Br. The summed E-state index contributed by atoms with van der Waals surface area (Å²) in [4.78, 5) is 24.7. The molecule has 0 heterocycles. The lowest BCUT2D eigenvalue weighted by Crippen LogP contribution is -2.47. The highest BCUT2D eigenvalue weighted by Crippen LogP contribution is 2.23. The molecule has 4 nitrogen and oxygen atoms in total. The molecule has 1 atom stereocenters. The van der Waals surface area contributed by atoms with Gasteiger partial charge in [0.05, 0.1) is 5.69 Å². The van der Waals surface area contributed by atoms with Crippen LogP contribution in [-0.2, 0) is 4.79 Å². The van der Waals surface area contributed by atoms with E-state index >= 15 is 0 Å². The van der Waals surface area contributed by atoms with Crippen LogP contribution in [0.15, 0.2) is 40.9 Å². The number of benzene rings is 2. The van der Waals surface area contributed by atoms with Crippen LogP contribution in [-0.4, -0.2) is 17.9 Å². The maximum atomic E-state index is 13.7. The van der Waals surface area contributed by atoms with Crippen LogP contribution in [0.3, 0.4) is 0 Å². The van der Waals surface area contributed by atoms with Crippen LogP contribution in [0.5, 0.6) is 0 Å². The summed E-state index contributed by atoms with van der Waals surface area (Å²) in [6.45, 7) is 3.34. The first kappa shape index (κ1) is 20.0. The van der Waals surface area contributed by atoms with Gasteiger partial charge < -0.3 is 10.6 Å². The van der Waals surface area contributed by atoms with Gasteiger partial charge in [-0.1, -0.05) is 19.9 Å². The molecular formula is C18H16BrF3N2O2. The minimum Gasteiger partial charge on any atom is -0.340 e. The Morgan fingerprint density at radius 3 is 2.19 bits per heavy atom. The van der Waals surface area contributed by atoms with Crippen molar-refractivity contribution in [3.63, 3.8) is 0 Å². The van der Waals surface area contributed by atoms with Gasteiger partial charge in [0.25, 0.3) is 5.91 Å². The molecule has 0 aromatic heterocycles. The summed E-state index contributed by atoms with van der Waals surface area (Å²) in [5, 5.41) is 4.90. The molecule has 2 rings (SSSR count). The molecule has 26 heavy (non-hydrogen) atoms. The summed E-state index contributed by atoms with van der Waals surface area (Å²) < 4.78 is 41.0. The van der Waals surface area contributed by atoms with E-state index in [2.05, 4.69) is 26.6 Å². The summed E-state index contributed by atoms with van der Waals surface area (Å²) in [6.07, 6.45) is 0. The third kappa shape index (κ3) is 4.63. The number of carbonyl (C=O) groups is 2. The fourth-order valence-electron chi connectivity index (χ4n) is 2.26. The van der Waals surface area contributed by atoms with Crippen molar-refractivity contribution in [3.8, 4) is 0 Å². The van der Waals surface area contributed by atoms with Crippen molar-refractivity contribution in [1.82, 2.24) is 5.32 Å². The fourth-order valence-corrected chi connectivity index (χ4v) is 2.71. The molecule has 138 valence electrons. The first-order chi connectivity index (χ1) is 12.2. The van der Waals surface area contributed by atoms with Gasteiger partial charge in [-0.15, -0.1) is 0 Å². The van der Waals surface area contributed by atoms with Gasteiger partial charge in [0.2, 0.25) is 5.91 Å². The Labute approximate surface area is 156 Å². The number of hydrogen-bond donors (Lipinski definition) is 2. The average Bonchev–Trinajstić information content (AvgIpc) is 2.54. The molecule has 2 aromatic carbocycles. The largest absolute Gasteiger partial charge is 0.340 e. The Morgan fingerprint density at radius 1 is 1.04 bits per heavy atom. The Hall–Kier alpha value is -2.35. The molecule has 0 saturated heterocycles. The maximum Gasteiger partial charge on any atom is 0.257 e. The Kier molecular flexibility index (Phi) is 6.42. The van der Waals surface area contributed by atoms with E-state index in [0.29, 0.717) is 10.2 Å². The van der Waals surface area contributed by atoms with Crippen molar-refractivity contribution in [3.05, 3.63) is 63.9 Å². The average molecular weight is 429 g/mol. The van der Waals surface area contributed by atoms with E-state index in [-0.39, 0.29) is 5.92 Å². The van der Waals surface area contributed by atoms with Crippen molar-refractivity contribution in [1.29, 1.82) is 0 Å². The predicted octanol–water partition coefficient (Wildman–Crippen LogP) is 4.26. The van der Waals surface area contributed by atoms with Gasteiger partial charge >= 0.3 is 0 Å². The Balaban J connectivity index is 2.20. The van der Waals surface area contributed by atoms with Gasteiger partial charge in [0.15, 0.2) is 0 Å². The van der Waals surface area contributed by atoms with Crippen LogP contribution < -0.4 is 10.6 Å². The van der Waals surface area contributed by atoms with E-state index < -0.39 is 40.9 Å². The molecule has 1 unspecified atom stereocenters. The monoisotopic (exact) mass is 428 g/mol. The topological polar surface area (TPSA) is 58.2 Å². The van der Waals surface area contributed by atoms with Crippen LogP contribution in [0.25, 0.3) is 0 Å². The molecule has 0 saturated carbocycles. The summed E-state index contributed by atoms with van der Waals surface area (Å²) in [5.41, 5.74) is -0.456. The highest BCUT2D eigenvalue weighted by atomic mass is 79.9. The molecule has 0 aliphatic carbocycles. The lowest BCUT2D eigenvalue weighted by atomic mass is 10.0. The van der Waals surface area contributed by atoms with Gasteiger partial charge in [-0.3, -0.25) is 9.59 Å². The van der Waals surface area contributed by atoms with Gasteiger partial charge in [0, 0.05) is 4.47 Å². The van der Waals surface area contributed by atoms with E-state index in [1.54, 1.807) is 13.8 Å². The highest BCUT2D eigenvalue weighted by Gasteiger charge is 2.27. The van der Waals surface area contributed by atoms with Crippen molar-refractivity contribution < 1.29 is 22.8 Å². The zero-order valence-electron chi connectivity index (χ0n) is 13.9. The van der Waals surface area contributed by atoms with Gasteiger partial charge in [-0.25, -0.2) is 13.2 Å². The number of anilines is 1. The number of halogens is 4. The summed E-state index contributed by atoms with van der Waals surface area (Å²) in [7, 11) is 0. The number of carbonyl (C=O) groups excluding carboxylic acids is 2. The minimum absolute atomic E-state index is 0.299. The number of nitrogens with one attached hydrogen (secondary N) is 2. The maximum absolute atomic E-state index is 13.7. The summed E-state index contributed by atoms with van der Waals surface area (Å²) in [5.74, 6) is -4.53. The summed E-state index contributed by atoms with van der Waals surface area (Å²) in [6, 6.07) is 5.69. The van der Waals surface area contributed by atoms with Crippen molar-refractivity contribution >= 4 is 33.4 Å². The molecule has 0 bridgehead atoms. The molecule has 0 aliphatic heterocycles. The van der Waals surface area contributed by atoms with Gasteiger partial charge in [-0.05, 0) is 52.2 Å². The van der Waals surface area contributed by atoms with Gasteiger partial charge in [-0.2, -0.15) is 0 Å². The van der Waals surface area contributed by atoms with Crippen LogP contribution in [0, 0.1) is 23.4 Å². The van der Waals surface area contributed by atoms with E-state index in [1.807, 2.05) is 0 Å². The van der Waals surface area contributed by atoms with Crippen molar-refractivity contribution in [2.24, 2.45) is 5.92 Å². The van der Waals surface area contributed by atoms with Crippen molar-refractivity contribution in [2.75, 3.05) is 5.32 Å². The van der Waals surface area contributed by atoms with E-state index in [0.717, 1.165) is 24.3 Å². The van der Waals surface area contributed by atoms with Crippen LogP contribution in [0.2, 0.25) is 0 Å². The predicted molar refractivity (Wildman–Crippen MR) is 95.2 cm³/mol. The summed E-state index contributed by atoms with van der Waals surface area (Å²) >= 11 is 3.13. The highest BCUT2D eigenvalue weighted by molar-refractivity contribution is 9.10. The third-order valence-corrected chi connectivity index (χ3v) is 4.27. The lowest BCUT2D eigenvalue weighted by molar-refractivity contribution is -0.118. The standard InChI is InChI=1S/C18H16BrF3N2O2/c1-9(2)16(18(26)23-14-7-6-10(20)8-11(14)19)24-17(25)15-12(21)4-3-5-13(15)22/h3-9,16H,1-2H3,(H,23,26)(H,24,25). The molecule has 0 radical (unpaired) electrons. The van der Waals surface area contributed by atoms with Crippen LogP contribution in [0.1, 0.15) is 24.2 Å². The first-order valence-electron chi connectivity index (χ1n) is 7.71. The quantitative estimate of drug-likeness (QED) is 0.747. The van der Waals surface area contributed by atoms with E-state index in [9.17, 15) is 22.8 Å². The lowest BCUT2D eigenvalue weighted by Gasteiger charge is -2.22. The fraction of sp³-hybridized carbons (Fsp3) is 0.222. The third-order valence-electron chi connectivity index (χ3n) is 3.61. The smallest absolute Gasteiger partial charge is 0.257 e. The second-order valence-electron chi connectivity index (χ2n) is 5.91.